The summed E-state index contributed by atoms with van der Waals surface area (Å²) in [6.45, 7) is 1.94. The normalized spacial score (nSPS) is 11.6. The third-order valence-electron chi connectivity index (χ3n) is 2.77. The summed E-state index contributed by atoms with van der Waals surface area (Å²) in [5.41, 5.74) is 5.15. The zero-order valence-corrected chi connectivity index (χ0v) is 10.9. The van der Waals surface area contributed by atoms with Crippen molar-refractivity contribution in [2.24, 2.45) is 0 Å². The summed E-state index contributed by atoms with van der Waals surface area (Å²) in [5.74, 6) is 0.634. The highest BCUT2D eigenvalue weighted by Crippen LogP contribution is 2.36. The largest absolute Gasteiger partial charge is 0.417 e. The Labute approximate surface area is 114 Å². The van der Waals surface area contributed by atoms with Crippen LogP contribution < -0.4 is 5.73 Å². The molecule has 106 valence electrons. The van der Waals surface area contributed by atoms with E-state index in [4.69, 9.17) is 5.73 Å². The molecular formula is C14H14F3N3. The van der Waals surface area contributed by atoms with Gasteiger partial charge in [0.25, 0.3) is 0 Å². The van der Waals surface area contributed by atoms with Crippen molar-refractivity contribution in [2.75, 3.05) is 5.73 Å². The third-order valence-corrected chi connectivity index (χ3v) is 2.77. The highest BCUT2D eigenvalue weighted by atomic mass is 19.4. The maximum atomic E-state index is 13.0. The van der Waals surface area contributed by atoms with Crippen LogP contribution in [-0.2, 0) is 12.6 Å². The van der Waals surface area contributed by atoms with Crippen molar-refractivity contribution in [3.63, 3.8) is 0 Å². The van der Waals surface area contributed by atoms with Gasteiger partial charge in [-0.05, 0) is 12.5 Å². The Morgan fingerprint density at radius 3 is 2.50 bits per heavy atom. The van der Waals surface area contributed by atoms with Gasteiger partial charge in [0.2, 0.25) is 0 Å². The van der Waals surface area contributed by atoms with Crippen LogP contribution >= 0.6 is 0 Å². The van der Waals surface area contributed by atoms with E-state index in [1.165, 1.54) is 18.2 Å². The lowest BCUT2D eigenvalue weighted by Gasteiger charge is -2.13. The minimum atomic E-state index is -4.43. The maximum absolute atomic E-state index is 13.0. The molecule has 2 aromatic rings. The summed E-state index contributed by atoms with van der Waals surface area (Å²) in [6.07, 6.45) is -3.06. The molecule has 2 N–H and O–H groups in total. The molecule has 0 unspecified atom stereocenters. The summed E-state index contributed by atoms with van der Waals surface area (Å²) in [7, 11) is 0. The van der Waals surface area contributed by atoms with Gasteiger partial charge in [-0.3, -0.25) is 0 Å². The number of nitrogens with zero attached hydrogens (tertiary/aromatic N) is 2. The van der Waals surface area contributed by atoms with Crippen molar-refractivity contribution in [3.8, 4) is 11.3 Å². The van der Waals surface area contributed by atoms with E-state index < -0.39 is 11.7 Å². The van der Waals surface area contributed by atoms with E-state index in [2.05, 4.69) is 9.97 Å². The Bertz CT molecular complexity index is 609. The number of hydrogen-bond acceptors (Lipinski definition) is 3. The van der Waals surface area contributed by atoms with E-state index in [9.17, 15) is 13.2 Å². The van der Waals surface area contributed by atoms with E-state index in [1.54, 1.807) is 6.07 Å². The van der Waals surface area contributed by atoms with Crippen molar-refractivity contribution < 1.29 is 13.2 Å². The lowest BCUT2D eigenvalue weighted by molar-refractivity contribution is -0.137. The summed E-state index contributed by atoms with van der Waals surface area (Å²) < 4.78 is 39.0. The van der Waals surface area contributed by atoms with Gasteiger partial charge in [-0.1, -0.05) is 25.1 Å². The van der Waals surface area contributed by atoms with E-state index in [-0.39, 0.29) is 17.1 Å². The lowest BCUT2D eigenvalue weighted by atomic mass is 10.0. The molecule has 0 saturated carbocycles. The van der Waals surface area contributed by atoms with E-state index >= 15 is 0 Å². The van der Waals surface area contributed by atoms with Crippen molar-refractivity contribution in [1.29, 1.82) is 0 Å². The number of anilines is 1. The molecule has 0 saturated heterocycles. The van der Waals surface area contributed by atoms with Crippen molar-refractivity contribution in [3.05, 3.63) is 41.7 Å². The Morgan fingerprint density at radius 2 is 1.85 bits per heavy atom. The Hall–Kier alpha value is -2.11. The van der Waals surface area contributed by atoms with E-state index in [0.29, 0.717) is 12.2 Å². The maximum Gasteiger partial charge on any atom is 0.417 e. The first kappa shape index (κ1) is 14.3. The highest BCUT2D eigenvalue weighted by Gasteiger charge is 2.33. The van der Waals surface area contributed by atoms with Crippen LogP contribution in [0.4, 0.5) is 19.0 Å². The molecule has 3 nitrogen and oxygen atoms in total. The first-order chi connectivity index (χ1) is 9.41. The predicted octanol–water partition coefficient (Wildman–Crippen LogP) is 3.70. The van der Waals surface area contributed by atoms with E-state index in [1.807, 2.05) is 6.92 Å². The smallest absolute Gasteiger partial charge is 0.384 e. The summed E-state index contributed by atoms with van der Waals surface area (Å²) >= 11 is 0. The van der Waals surface area contributed by atoms with Crippen molar-refractivity contribution >= 4 is 5.82 Å². The molecule has 0 aliphatic rings. The average molecular weight is 281 g/mol. The molecule has 0 radical (unpaired) electrons. The van der Waals surface area contributed by atoms with Crippen LogP contribution in [0.2, 0.25) is 0 Å². The number of nitrogen functional groups attached to an aromatic ring is 1. The molecule has 1 aromatic carbocycles. The molecule has 0 bridgehead atoms. The molecule has 0 fully saturated rings. The minimum Gasteiger partial charge on any atom is -0.384 e. The number of aryl methyl sites for hydroxylation is 1. The molecule has 0 amide bonds. The molecule has 0 spiro atoms. The number of alkyl halides is 3. The molecule has 20 heavy (non-hydrogen) atoms. The van der Waals surface area contributed by atoms with Gasteiger partial charge in [0.15, 0.2) is 0 Å². The second kappa shape index (κ2) is 5.48. The second-order valence-corrected chi connectivity index (χ2v) is 4.39. The standard InChI is InChI=1S/C14H14F3N3/c1-2-5-13-19-11(8-12(18)20-13)9-6-3-4-7-10(9)14(15,16)17/h3-4,6-8H,2,5H2,1H3,(H2,18,19,20). The Balaban J connectivity index is 2.57. The van der Waals surface area contributed by atoms with Crippen molar-refractivity contribution in [2.45, 2.75) is 25.9 Å². The predicted molar refractivity (Wildman–Crippen MR) is 70.9 cm³/mol. The topological polar surface area (TPSA) is 51.8 Å². The number of hydrogen-bond donors (Lipinski definition) is 1. The van der Waals surface area contributed by atoms with Gasteiger partial charge >= 0.3 is 6.18 Å². The zero-order chi connectivity index (χ0) is 14.8. The quantitative estimate of drug-likeness (QED) is 0.933. The van der Waals surface area contributed by atoms with Gasteiger partial charge in [-0.15, -0.1) is 0 Å². The minimum absolute atomic E-state index is 0.0199. The van der Waals surface area contributed by atoms with Gasteiger partial charge in [0, 0.05) is 18.1 Å². The molecule has 0 aliphatic heterocycles. The van der Waals surface area contributed by atoms with Gasteiger partial charge in [0.05, 0.1) is 11.3 Å². The van der Waals surface area contributed by atoms with Crippen LogP contribution in [0.15, 0.2) is 30.3 Å². The summed E-state index contributed by atoms with van der Waals surface area (Å²) in [5, 5.41) is 0. The Kier molecular flexibility index (Phi) is 3.92. The number of benzene rings is 1. The monoisotopic (exact) mass is 281 g/mol. The number of aromatic nitrogens is 2. The van der Waals surface area contributed by atoms with Gasteiger partial charge in [-0.2, -0.15) is 13.2 Å². The molecule has 0 aliphatic carbocycles. The second-order valence-electron chi connectivity index (χ2n) is 4.39. The molecule has 0 atom stereocenters. The summed E-state index contributed by atoms with van der Waals surface area (Å²) in [6, 6.07) is 6.68. The van der Waals surface area contributed by atoms with Crippen LogP contribution in [0.1, 0.15) is 24.7 Å². The van der Waals surface area contributed by atoms with Crippen LogP contribution in [0.5, 0.6) is 0 Å². The third kappa shape index (κ3) is 3.07. The fraction of sp³-hybridized carbons (Fsp3) is 0.286. The molecule has 6 heteroatoms. The van der Waals surface area contributed by atoms with Crippen molar-refractivity contribution in [1.82, 2.24) is 9.97 Å². The first-order valence-electron chi connectivity index (χ1n) is 6.22. The van der Waals surface area contributed by atoms with Gasteiger partial charge in [0.1, 0.15) is 11.6 Å². The zero-order valence-electron chi connectivity index (χ0n) is 10.9. The fourth-order valence-electron chi connectivity index (χ4n) is 1.94. The average Bonchev–Trinajstić information content (AvgIpc) is 2.37. The molecule has 1 aromatic heterocycles. The first-order valence-corrected chi connectivity index (χ1v) is 6.22. The van der Waals surface area contributed by atoms with Crippen LogP contribution in [0.3, 0.4) is 0 Å². The molecule has 2 rings (SSSR count). The summed E-state index contributed by atoms with van der Waals surface area (Å²) in [4.78, 5) is 8.20. The van der Waals surface area contributed by atoms with Gasteiger partial charge < -0.3 is 5.73 Å². The van der Waals surface area contributed by atoms with Crippen LogP contribution in [0, 0.1) is 0 Å². The van der Waals surface area contributed by atoms with E-state index in [0.717, 1.165) is 12.5 Å². The van der Waals surface area contributed by atoms with Crippen LogP contribution in [0.25, 0.3) is 11.3 Å². The number of nitrogens with two attached hydrogens (primary N) is 1. The van der Waals surface area contributed by atoms with Gasteiger partial charge in [-0.25, -0.2) is 9.97 Å². The Morgan fingerprint density at radius 1 is 1.15 bits per heavy atom. The lowest BCUT2D eigenvalue weighted by Crippen LogP contribution is -2.08. The number of rotatable bonds is 3. The molecular weight excluding hydrogens is 267 g/mol. The fourth-order valence-corrected chi connectivity index (χ4v) is 1.94. The SMILES string of the molecule is CCCc1nc(N)cc(-c2ccccc2C(F)(F)F)n1. The highest BCUT2D eigenvalue weighted by molar-refractivity contribution is 5.66. The number of halogens is 3. The molecule has 1 heterocycles. The van der Waals surface area contributed by atoms with Crippen LogP contribution in [-0.4, -0.2) is 9.97 Å².